The van der Waals surface area contributed by atoms with Crippen molar-refractivity contribution in [3.8, 4) is 0 Å². The monoisotopic (exact) mass is 554 g/mol. The number of anilines is 2. The molecule has 2 aromatic rings. The number of rotatable bonds is 5. The Kier molecular flexibility index (Phi) is 7.10. The number of halogens is 3. The van der Waals surface area contributed by atoms with Gasteiger partial charge in [0.25, 0.3) is 0 Å². The molecule has 0 bridgehead atoms. The molecule has 0 radical (unpaired) electrons. The topological polar surface area (TPSA) is 90.8 Å². The molecule has 208 valence electrons. The lowest BCUT2D eigenvalue weighted by Crippen LogP contribution is -2.45. The first-order chi connectivity index (χ1) is 17.9. The normalized spacial score (nSPS) is 20.4. The van der Waals surface area contributed by atoms with Gasteiger partial charge >= 0.3 is 12.2 Å². The second kappa shape index (κ2) is 10.1. The molecule has 1 aromatic heterocycles. The summed E-state index contributed by atoms with van der Waals surface area (Å²) in [5.74, 6) is 0.0763. The predicted molar refractivity (Wildman–Crippen MR) is 138 cm³/mol. The smallest absolute Gasteiger partial charge is 0.372 e. The van der Waals surface area contributed by atoms with Crippen LogP contribution in [0.4, 0.5) is 29.5 Å². The molecule has 1 spiro atoms. The van der Waals surface area contributed by atoms with Gasteiger partial charge in [-0.25, -0.2) is 13.2 Å². The van der Waals surface area contributed by atoms with Crippen LogP contribution in [0.15, 0.2) is 30.5 Å². The van der Waals surface area contributed by atoms with Crippen LogP contribution >= 0.6 is 0 Å². The fourth-order valence-electron chi connectivity index (χ4n) is 5.94. The molecule has 3 fully saturated rings. The van der Waals surface area contributed by atoms with Crippen LogP contribution in [-0.4, -0.2) is 79.6 Å². The van der Waals surface area contributed by atoms with E-state index in [-0.39, 0.29) is 23.8 Å². The SMILES string of the molecule is CS(=O)(=O)Nc1ccn(C(=O)N2CCC3(CCN(Cc4ccc(N5CCCC5)cc4C(F)(F)F)C3)CC2)n1. The molecule has 3 aliphatic heterocycles. The molecule has 0 atom stereocenters. The van der Waals surface area contributed by atoms with Crippen molar-refractivity contribution < 1.29 is 26.4 Å². The molecule has 0 unspecified atom stereocenters. The first-order valence-electron chi connectivity index (χ1n) is 12.9. The number of likely N-dealkylation sites (tertiary alicyclic amines) is 2. The van der Waals surface area contributed by atoms with E-state index in [1.54, 1.807) is 11.0 Å². The van der Waals surface area contributed by atoms with Gasteiger partial charge in [-0.2, -0.15) is 17.9 Å². The number of hydrogen-bond donors (Lipinski definition) is 1. The van der Waals surface area contributed by atoms with Crippen LogP contribution in [0.5, 0.6) is 0 Å². The molecule has 4 heterocycles. The Hall–Kier alpha value is -2.80. The highest BCUT2D eigenvalue weighted by Crippen LogP contribution is 2.42. The van der Waals surface area contributed by atoms with E-state index in [4.69, 9.17) is 0 Å². The molecule has 5 rings (SSSR count). The van der Waals surface area contributed by atoms with Crippen molar-refractivity contribution in [1.29, 1.82) is 0 Å². The van der Waals surface area contributed by atoms with Crippen molar-refractivity contribution in [2.24, 2.45) is 5.41 Å². The van der Waals surface area contributed by atoms with E-state index in [1.165, 1.54) is 18.3 Å². The maximum atomic E-state index is 14.0. The predicted octanol–water partition coefficient (Wildman–Crippen LogP) is 3.83. The van der Waals surface area contributed by atoms with Crippen molar-refractivity contribution in [3.05, 3.63) is 41.6 Å². The summed E-state index contributed by atoms with van der Waals surface area (Å²) in [6.45, 7) is 4.29. The summed E-state index contributed by atoms with van der Waals surface area (Å²) in [5.41, 5.74) is 0.372. The van der Waals surface area contributed by atoms with Crippen LogP contribution in [0.2, 0.25) is 0 Å². The summed E-state index contributed by atoms with van der Waals surface area (Å²) in [4.78, 5) is 18.7. The number of sulfonamides is 1. The van der Waals surface area contributed by atoms with Gasteiger partial charge in [0.1, 0.15) is 0 Å². The fraction of sp³-hybridized carbons (Fsp3) is 0.600. The minimum Gasteiger partial charge on any atom is -0.372 e. The summed E-state index contributed by atoms with van der Waals surface area (Å²) >= 11 is 0. The molecular formula is C25H33F3N6O3S. The highest BCUT2D eigenvalue weighted by molar-refractivity contribution is 7.92. The minimum absolute atomic E-state index is 0.0300. The van der Waals surface area contributed by atoms with Crippen LogP contribution in [0.25, 0.3) is 0 Å². The van der Waals surface area contributed by atoms with Gasteiger partial charge < -0.3 is 9.80 Å². The molecule has 0 aliphatic carbocycles. The number of nitrogens with one attached hydrogen (secondary N) is 1. The number of piperidine rings is 1. The Labute approximate surface area is 220 Å². The molecule has 1 aromatic carbocycles. The third-order valence-corrected chi connectivity index (χ3v) is 8.53. The molecule has 0 saturated carbocycles. The van der Waals surface area contributed by atoms with Crippen molar-refractivity contribution in [1.82, 2.24) is 19.6 Å². The molecule has 1 amide bonds. The van der Waals surface area contributed by atoms with Gasteiger partial charge in [0, 0.05) is 57.2 Å². The summed E-state index contributed by atoms with van der Waals surface area (Å²) < 4.78 is 68.0. The van der Waals surface area contributed by atoms with Crippen LogP contribution in [0, 0.1) is 5.41 Å². The number of alkyl halides is 3. The number of amides is 1. The van der Waals surface area contributed by atoms with Gasteiger partial charge in [-0.05, 0) is 61.8 Å². The fourth-order valence-corrected chi connectivity index (χ4v) is 6.43. The van der Waals surface area contributed by atoms with Gasteiger partial charge in [0.2, 0.25) is 10.0 Å². The largest absolute Gasteiger partial charge is 0.416 e. The Morgan fingerprint density at radius 3 is 2.39 bits per heavy atom. The van der Waals surface area contributed by atoms with Crippen molar-refractivity contribution in [2.45, 2.75) is 44.8 Å². The molecule has 38 heavy (non-hydrogen) atoms. The molecular weight excluding hydrogens is 521 g/mol. The summed E-state index contributed by atoms with van der Waals surface area (Å²) in [7, 11) is -3.49. The van der Waals surface area contributed by atoms with Crippen LogP contribution in [0.1, 0.15) is 43.2 Å². The molecule has 13 heteroatoms. The van der Waals surface area contributed by atoms with E-state index in [9.17, 15) is 26.4 Å². The third kappa shape index (κ3) is 5.93. The van der Waals surface area contributed by atoms with E-state index in [2.05, 4.69) is 14.7 Å². The van der Waals surface area contributed by atoms with Crippen molar-refractivity contribution in [3.63, 3.8) is 0 Å². The first-order valence-corrected chi connectivity index (χ1v) is 14.8. The lowest BCUT2D eigenvalue weighted by Gasteiger charge is -2.39. The molecule has 3 saturated heterocycles. The van der Waals surface area contributed by atoms with E-state index in [0.29, 0.717) is 30.9 Å². The first kappa shape index (κ1) is 26.8. The summed E-state index contributed by atoms with van der Waals surface area (Å²) in [6.07, 6.45) is 2.43. The zero-order valence-electron chi connectivity index (χ0n) is 21.4. The van der Waals surface area contributed by atoms with Gasteiger partial charge in [0.15, 0.2) is 5.82 Å². The summed E-state index contributed by atoms with van der Waals surface area (Å²) in [5, 5.41) is 4.01. The highest BCUT2D eigenvalue weighted by Gasteiger charge is 2.42. The molecule has 1 N–H and O–H groups in total. The number of aromatic nitrogens is 2. The lowest BCUT2D eigenvalue weighted by molar-refractivity contribution is -0.138. The Bertz CT molecular complexity index is 1280. The molecule has 3 aliphatic rings. The zero-order chi connectivity index (χ0) is 27.1. The van der Waals surface area contributed by atoms with Crippen LogP contribution in [0.3, 0.4) is 0 Å². The lowest BCUT2D eigenvalue weighted by atomic mass is 9.78. The quantitative estimate of drug-likeness (QED) is 0.604. The summed E-state index contributed by atoms with van der Waals surface area (Å²) in [6, 6.07) is 5.86. The van der Waals surface area contributed by atoms with E-state index in [0.717, 1.165) is 62.7 Å². The maximum absolute atomic E-state index is 14.0. The van der Waals surface area contributed by atoms with E-state index < -0.39 is 21.8 Å². The molecule has 9 nitrogen and oxygen atoms in total. The van der Waals surface area contributed by atoms with E-state index >= 15 is 0 Å². The van der Waals surface area contributed by atoms with Crippen molar-refractivity contribution in [2.75, 3.05) is 55.1 Å². The second-order valence-corrected chi connectivity index (χ2v) is 12.5. The number of benzene rings is 1. The minimum atomic E-state index is -4.41. The zero-order valence-corrected chi connectivity index (χ0v) is 22.2. The van der Waals surface area contributed by atoms with Gasteiger partial charge in [-0.15, -0.1) is 5.10 Å². The van der Waals surface area contributed by atoms with Crippen molar-refractivity contribution >= 4 is 27.6 Å². The second-order valence-electron chi connectivity index (χ2n) is 10.8. The standard InChI is InChI=1S/C25H33F3N6O3S/c1-38(36,37)30-22-6-12-34(29-22)23(35)33-14-8-24(9-15-33)7-13-31(18-24)17-19-4-5-20(32-10-2-3-11-32)16-21(19)25(26,27)28/h4-6,12,16H,2-3,7-11,13-15,17-18H2,1H3,(H,29,30). The van der Waals surface area contributed by atoms with Gasteiger partial charge in [0.05, 0.1) is 11.8 Å². The highest BCUT2D eigenvalue weighted by atomic mass is 32.2. The number of carbonyl (C=O) groups excluding carboxylic acids is 1. The average molecular weight is 555 g/mol. The van der Waals surface area contributed by atoms with Crippen LogP contribution in [-0.2, 0) is 22.7 Å². The maximum Gasteiger partial charge on any atom is 0.416 e. The Balaban J connectivity index is 1.20. The Morgan fingerprint density at radius 1 is 1.05 bits per heavy atom. The Morgan fingerprint density at radius 2 is 1.74 bits per heavy atom. The van der Waals surface area contributed by atoms with Crippen LogP contribution < -0.4 is 9.62 Å². The van der Waals surface area contributed by atoms with E-state index in [1.807, 2.05) is 11.0 Å². The van der Waals surface area contributed by atoms with Gasteiger partial charge in [-0.1, -0.05) is 6.07 Å². The number of hydrogen-bond acceptors (Lipinski definition) is 6. The third-order valence-electron chi connectivity index (χ3n) is 7.95. The number of carbonyl (C=O) groups is 1. The van der Waals surface area contributed by atoms with Gasteiger partial charge in [-0.3, -0.25) is 9.62 Å². The average Bonchev–Trinajstić information content (AvgIpc) is 3.60. The number of nitrogens with zero attached hydrogens (tertiary/aromatic N) is 5.